The van der Waals surface area contributed by atoms with Gasteiger partial charge in [-0.25, -0.2) is 0 Å². The number of rotatable bonds is 10. The Kier molecular flexibility index (Phi) is 9.16. The molecule has 18 heavy (non-hydrogen) atoms. The van der Waals surface area contributed by atoms with E-state index in [0.717, 1.165) is 5.75 Å². The van der Waals surface area contributed by atoms with E-state index in [1.807, 2.05) is 0 Å². The molecule has 1 N–H and O–H groups in total. The second kappa shape index (κ2) is 10.1. The van der Waals surface area contributed by atoms with Crippen molar-refractivity contribution in [1.29, 1.82) is 0 Å². The van der Waals surface area contributed by atoms with Gasteiger partial charge in [0.25, 0.3) is 0 Å². The first-order chi connectivity index (χ1) is 8.79. The Balaban J connectivity index is 1.94. The molecule has 1 saturated heterocycles. The summed E-state index contributed by atoms with van der Waals surface area (Å²) in [6.07, 6.45) is 10.7. The van der Waals surface area contributed by atoms with Crippen molar-refractivity contribution in [3.05, 3.63) is 0 Å². The quantitative estimate of drug-likeness (QED) is 0.471. The fraction of sp³-hybridized carbons (Fsp3) is 1.00. The number of unbranched alkanes of at least 4 members (excludes halogenated alkanes) is 6. The van der Waals surface area contributed by atoms with Gasteiger partial charge in [0.1, 0.15) is 0 Å². The van der Waals surface area contributed by atoms with Gasteiger partial charge in [-0.05, 0) is 44.0 Å². The SMILES string of the molecule is CC1CCN(CCCCCCCCCS)C1CO. The van der Waals surface area contributed by atoms with Crippen LogP contribution in [-0.4, -0.2) is 41.5 Å². The summed E-state index contributed by atoms with van der Waals surface area (Å²) in [5.74, 6) is 1.71. The standard InChI is InChI=1S/C15H31NOS/c1-14-9-11-16(15(14)13-17)10-7-5-3-2-4-6-8-12-18/h14-15,17-18H,2-13H2,1H3. The van der Waals surface area contributed by atoms with Crippen molar-refractivity contribution >= 4 is 12.6 Å². The summed E-state index contributed by atoms with van der Waals surface area (Å²) in [4.78, 5) is 2.49. The van der Waals surface area contributed by atoms with Crippen molar-refractivity contribution < 1.29 is 5.11 Å². The fourth-order valence-corrected chi connectivity index (χ4v) is 3.19. The zero-order valence-corrected chi connectivity index (χ0v) is 12.9. The zero-order chi connectivity index (χ0) is 13.2. The molecule has 1 heterocycles. The average Bonchev–Trinajstić information content (AvgIpc) is 2.73. The van der Waals surface area contributed by atoms with Gasteiger partial charge in [0, 0.05) is 6.04 Å². The maximum absolute atomic E-state index is 9.38. The molecule has 0 radical (unpaired) electrons. The lowest BCUT2D eigenvalue weighted by molar-refractivity contribution is 0.137. The van der Waals surface area contributed by atoms with Crippen molar-refractivity contribution in [2.45, 2.75) is 64.3 Å². The molecule has 0 aromatic heterocycles. The first kappa shape index (κ1) is 16.3. The van der Waals surface area contributed by atoms with Crippen LogP contribution in [0.3, 0.4) is 0 Å². The van der Waals surface area contributed by atoms with Crippen molar-refractivity contribution in [3.8, 4) is 0 Å². The van der Waals surface area contributed by atoms with Crippen molar-refractivity contribution in [3.63, 3.8) is 0 Å². The predicted molar refractivity (Wildman–Crippen MR) is 82.4 cm³/mol. The normalized spacial score (nSPS) is 24.8. The molecular formula is C15H31NOS. The van der Waals surface area contributed by atoms with E-state index < -0.39 is 0 Å². The van der Waals surface area contributed by atoms with E-state index in [0.29, 0.717) is 18.6 Å². The molecule has 1 aliphatic heterocycles. The minimum atomic E-state index is 0.338. The lowest BCUT2D eigenvalue weighted by Gasteiger charge is -2.24. The van der Waals surface area contributed by atoms with Gasteiger partial charge in [0.15, 0.2) is 0 Å². The number of thiol groups is 1. The molecule has 1 rings (SSSR count). The molecule has 2 unspecified atom stereocenters. The summed E-state index contributed by atoms with van der Waals surface area (Å²) in [6, 6.07) is 0.431. The van der Waals surface area contributed by atoms with Crippen LogP contribution in [0.2, 0.25) is 0 Å². The van der Waals surface area contributed by atoms with E-state index in [2.05, 4.69) is 24.5 Å². The van der Waals surface area contributed by atoms with Gasteiger partial charge in [-0.15, -0.1) is 0 Å². The number of aliphatic hydroxyl groups is 1. The Morgan fingerprint density at radius 2 is 1.67 bits per heavy atom. The van der Waals surface area contributed by atoms with Crippen LogP contribution in [0.25, 0.3) is 0 Å². The Morgan fingerprint density at radius 1 is 1.06 bits per heavy atom. The first-order valence-electron chi connectivity index (χ1n) is 7.75. The number of hydrogen-bond acceptors (Lipinski definition) is 3. The van der Waals surface area contributed by atoms with Crippen LogP contribution < -0.4 is 0 Å². The minimum Gasteiger partial charge on any atom is -0.395 e. The third-order valence-electron chi connectivity index (χ3n) is 4.29. The van der Waals surface area contributed by atoms with Gasteiger partial charge in [-0.1, -0.05) is 39.0 Å². The molecule has 0 aromatic carbocycles. The van der Waals surface area contributed by atoms with Crippen LogP contribution in [0.1, 0.15) is 58.3 Å². The molecule has 2 atom stereocenters. The topological polar surface area (TPSA) is 23.5 Å². The highest BCUT2D eigenvalue weighted by molar-refractivity contribution is 7.80. The molecule has 1 aliphatic rings. The van der Waals surface area contributed by atoms with Crippen LogP contribution >= 0.6 is 12.6 Å². The van der Waals surface area contributed by atoms with Crippen molar-refractivity contribution in [1.82, 2.24) is 4.90 Å². The fourth-order valence-electron chi connectivity index (χ4n) is 2.97. The largest absolute Gasteiger partial charge is 0.395 e. The van der Waals surface area contributed by atoms with Crippen molar-refractivity contribution in [2.24, 2.45) is 5.92 Å². The molecule has 0 saturated carbocycles. The zero-order valence-electron chi connectivity index (χ0n) is 12.0. The Hall–Kier alpha value is 0.270. The first-order valence-corrected chi connectivity index (χ1v) is 8.38. The lowest BCUT2D eigenvalue weighted by Crippen LogP contribution is -2.35. The van der Waals surface area contributed by atoms with Gasteiger partial charge in [-0.3, -0.25) is 4.90 Å². The molecule has 108 valence electrons. The van der Waals surface area contributed by atoms with Gasteiger partial charge in [0.05, 0.1) is 6.61 Å². The third kappa shape index (κ3) is 5.94. The number of nitrogens with zero attached hydrogens (tertiary/aromatic N) is 1. The third-order valence-corrected chi connectivity index (χ3v) is 4.60. The molecule has 3 heteroatoms. The van der Waals surface area contributed by atoms with Gasteiger partial charge in [0.2, 0.25) is 0 Å². The molecule has 0 bridgehead atoms. The van der Waals surface area contributed by atoms with E-state index in [-0.39, 0.29) is 0 Å². The molecule has 0 amide bonds. The summed E-state index contributed by atoms with van der Waals surface area (Å²) in [7, 11) is 0. The van der Waals surface area contributed by atoms with Gasteiger partial charge < -0.3 is 5.11 Å². The molecule has 0 spiro atoms. The van der Waals surface area contributed by atoms with E-state index in [4.69, 9.17) is 0 Å². The molecule has 0 aliphatic carbocycles. The highest BCUT2D eigenvalue weighted by atomic mass is 32.1. The smallest absolute Gasteiger partial charge is 0.0589 e. The summed E-state index contributed by atoms with van der Waals surface area (Å²) in [5, 5.41) is 9.38. The summed E-state index contributed by atoms with van der Waals surface area (Å²) >= 11 is 4.23. The Bertz CT molecular complexity index is 201. The van der Waals surface area contributed by atoms with E-state index in [1.165, 1.54) is 64.5 Å². The highest BCUT2D eigenvalue weighted by Gasteiger charge is 2.29. The van der Waals surface area contributed by atoms with Crippen LogP contribution in [0, 0.1) is 5.92 Å². The van der Waals surface area contributed by atoms with Crippen LogP contribution in [0.15, 0.2) is 0 Å². The number of likely N-dealkylation sites (tertiary alicyclic amines) is 1. The van der Waals surface area contributed by atoms with Crippen LogP contribution in [0.5, 0.6) is 0 Å². The Morgan fingerprint density at radius 3 is 2.28 bits per heavy atom. The summed E-state index contributed by atoms with van der Waals surface area (Å²) < 4.78 is 0. The van der Waals surface area contributed by atoms with E-state index in [1.54, 1.807) is 0 Å². The summed E-state index contributed by atoms with van der Waals surface area (Å²) in [5.41, 5.74) is 0. The van der Waals surface area contributed by atoms with E-state index >= 15 is 0 Å². The van der Waals surface area contributed by atoms with E-state index in [9.17, 15) is 5.11 Å². The minimum absolute atomic E-state index is 0.338. The summed E-state index contributed by atoms with van der Waals surface area (Å²) in [6.45, 7) is 4.98. The van der Waals surface area contributed by atoms with Crippen LogP contribution in [0.4, 0.5) is 0 Å². The monoisotopic (exact) mass is 273 g/mol. The van der Waals surface area contributed by atoms with Crippen LogP contribution in [-0.2, 0) is 0 Å². The van der Waals surface area contributed by atoms with Gasteiger partial charge in [-0.2, -0.15) is 12.6 Å². The molecule has 2 nitrogen and oxygen atoms in total. The Labute approximate surface area is 119 Å². The van der Waals surface area contributed by atoms with Crippen molar-refractivity contribution in [2.75, 3.05) is 25.4 Å². The second-order valence-electron chi connectivity index (χ2n) is 5.75. The maximum atomic E-state index is 9.38. The predicted octanol–water partition coefficient (Wildman–Crippen LogP) is 3.35. The highest BCUT2D eigenvalue weighted by Crippen LogP contribution is 2.23. The number of hydrogen-bond donors (Lipinski definition) is 2. The molecule has 1 fully saturated rings. The number of aliphatic hydroxyl groups excluding tert-OH is 1. The molecular weight excluding hydrogens is 242 g/mol. The van der Waals surface area contributed by atoms with Gasteiger partial charge >= 0.3 is 0 Å². The lowest BCUT2D eigenvalue weighted by atomic mass is 10.0. The molecule has 0 aromatic rings. The maximum Gasteiger partial charge on any atom is 0.0589 e. The second-order valence-corrected chi connectivity index (χ2v) is 6.20. The average molecular weight is 273 g/mol.